The average molecular weight is 259 g/mol. The maximum Gasteiger partial charge on any atom is 0.330 e. The fourth-order valence-corrected chi connectivity index (χ4v) is 1.95. The van der Waals surface area contributed by atoms with Gasteiger partial charge < -0.3 is 15.9 Å². The van der Waals surface area contributed by atoms with Gasteiger partial charge in [-0.1, -0.05) is 12.1 Å². The highest BCUT2D eigenvalue weighted by Crippen LogP contribution is 2.21. The zero-order chi connectivity index (χ0) is 13.3. The Morgan fingerprint density at radius 3 is 2.47 bits per heavy atom. The molecule has 1 aromatic carbocycles. The lowest BCUT2D eigenvalue weighted by Gasteiger charge is -2.22. The minimum Gasteiger partial charge on any atom is -0.480 e. The first-order valence-electron chi connectivity index (χ1n) is 4.65. The maximum absolute atomic E-state index is 11.3. The van der Waals surface area contributed by atoms with Crippen molar-refractivity contribution in [2.75, 3.05) is 12.9 Å². The number of sulfone groups is 1. The van der Waals surface area contributed by atoms with E-state index in [4.69, 9.17) is 15.9 Å². The molecule has 7 heteroatoms. The first-order chi connectivity index (χ1) is 7.71. The molecular formula is C10H13NO5S. The van der Waals surface area contributed by atoms with Gasteiger partial charge in [0, 0.05) is 6.26 Å². The van der Waals surface area contributed by atoms with Crippen LogP contribution in [0.3, 0.4) is 0 Å². The van der Waals surface area contributed by atoms with Crippen molar-refractivity contribution in [3.8, 4) is 0 Å². The van der Waals surface area contributed by atoms with E-state index in [0.29, 0.717) is 0 Å². The average Bonchev–Trinajstić information content (AvgIpc) is 2.26. The van der Waals surface area contributed by atoms with Crippen LogP contribution in [-0.4, -0.2) is 37.5 Å². The van der Waals surface area contributed by atoms with Gasteiger partial charge in [-0.25, -0.2) is 13.2 Å². The van der Waals surface area contributed by atoms with E-state index in [1.807, 2.05) is 0 Å². The summed E-state index contributed by atoms with van der Waals surface area (Å²) >= 11 is 0. The van der Waals surface area contributed by atoms with Crippen molar-refractivity contribution in [3.05, 3.63) is 29.8 Å². The molecule has 1 atom stereocenters. The number of aliphatic carboxylic acids is 1. The lowest BCUT2D eigenvalue weighted by atomic mass is 9.92. The molecule has 0 bridgehead atoms. The molecule has 0 aliphatic rings. The molecule has 0 fully saturated rings. The maximum atomic E-state index is 11.3. The van der Waals surface area contributed by atoms with Crippen molar-refractivity contribution in [3.63, 3.8) is 0 Å². The number of hydrogen-bond donors (Lipinski definition) is 3. The van der Waals surface area contributed by atoms with E-state index in [-0.39, 0.29) is 10.5 Å². The molecule has 0 saturated carbocycles. The lowest BCUT2D eigenvalue weighted by Crippen LogP contribution is -2.48. The number of hydrogen-bond acceptors (Lipinski definition) is 5. The Kier molecular flexibility index (Phi) is 3.56. The summed E-state index contributed by atoms with van der Waals surface area (Å²) in [6, 6.07) is 5.23. The molecule has 0 aromatic heterocycles. The van der Waals surface area contributed by atoms with Crippen LogP contribution in [0.15, 0.2) is 29.2 Å². The number of carbonyl (C=O) groups is 1. The second kappa shape index (κ2) is 4.44. The monoisotopic (exact) mass is 259 g/mol. The second-order valence-electron chi connectivity index (χ2n) is 3.73. The molecule has 0 amide bonds. The normalized spacial score (nSPS) is 15.2. The number of aliphatic hydroxyl groups is 1. The van der Waals surface area contributed by atoms with E-state index in [1.165, 1.54) is 18.2 Å². The molecule has 0 aliphatic carbocycles. The minimum absolute atomic E-state index is 0.0374. The van der Waals surface area contributed by atoms with Crippen LogP contribution >= 0.6 is 0 Å². The van der Waals surface area contributed by atoms with Gasteiger partial charge in [0.25, 0.3) is 0 Å². The molecule has 0 radical (unpaired) electrons. The van der Waals surface area contributed by atoms with Gasteiger partial charge in [0.2, 0.25) is 0 Å². The summed E-state index contributed by atoms with van der Waals surface area (Å²) in [6.07, 6.45) is 1.00. The van der Waals surface area contributed by atoms with Crippen molar-refractivity contribution in [1.29, 1.82) is 0 Å². The largest absolute Gasteiger partial charge is 0.480 e. The molecule has 1 aromatic rings. The number of rotatable bonds is 4. The zero-order valence-corrected chi connectivity index (χ0v) is 9.94. The predicted molar refractivity (Wildman–Crippen MR) is 60.1 cm³/mol. The third-order valence-electron chi connectivity index (χ3n) is 2.41. The smallest absolute Gasteiger partial charge is 0.330 e. The molecular weight excluding hydrogens is 246 g/mol. The minimum atomic E-state index is -3.45. The third kappa shape index (κ3) is 2.63. The van der Waals surface area contributed by atoms with Gasteiger partial charge in [-0.2, -0.15) is 0 Å². The van der Waals surface area contributed by atoms with Crippen LogP contribution in [0.5, 0.6) is 0 Å². The second-order valence-corrected chi connectivity index (χ2v) is 5.75. The van der Waals surface area contributed by atoms with Gasteiger partial charge in [0.05, 0.1) is 11.5 Å². The Labute approximate surface area is 98.6 Å². The SMILES string of the molecule is CS(=O)(=O)c1cccc(C(N)(CO)C(=O)O)c1. The standard InChI is InChI=1S/C10H13NO5S/c1-17(15,16)8-4-2-3-7(5-8)10(11,6-12)9(13)14/h2-5,12H,6,11H2,1H3,(H,13,14). The Balaban J connectivity index is 3.38. The van der Waals surface area contributed by atoms with Crippen molar-refractivity contribution in [2.45, 2.75) is 10.4 Å². The molecule has 1 rings (SSSR count). The Morgan fingerprint density at radius 1 is 1.47 bits per heavy atom. The highest BCUT2D eigenvalue weighted by molar-refractivity contribution is 7.90. The fourth-order valence-electron chi connectivity index (χ4n) is 1.29. The van der Waals surface area contributed by atoms with Crippen molar-refractivity contribution in [1.82, 2.24) is 0 Å². The van der Waals surface area contributed by atoms with E-state index in [2.05, 4.69) is 0 Å². The summed E-state index contributed by atoms with van der Waals surface area (Å²) in [7, 11) is -3.45. The molecule has 1 unspecified atom stereocenters. The summed E-state index contributed by atoms with van der Waals surface area (Å²) in [5.74, 6) is -1.43. The highest BCUT2D eigenvalue weighted by Gasteiger charge is 2.35. The van der Waals surface area contributed by atoms with Gasteiger partial charge in [-0.05, 0) is 17.7 Å². The quantitative estimate of drug-likeness (QED) is 0.659. The Hall–Kier alpha value is -1.44. The van der Waals surface area contributed by atoms with E-state index in [0.717, 1.165) is 12.3 Å². The molecule has 0 spiro atoms. The highest BCUT2D eigenvalue weighted by atomic mass is 32.2. The van der Waals surface area contributed by atoms with Crippen molar-refractivity contribution < 1.29 is 23.4 Å². The molecule has 0 heterocycles. The number of carboxylic acid groups (broad SMARTS) is 1. The van der Waals surface area contributed by atoms with Gasteiger partial charge in [-0.3, -0.25) is 0 Å². The number of nitrogens with two attached hydrogens (primary N) is 1. The first-order valence-corrected chi connectivity index (χ1v) is 6.54. The summed E-state index contributed by atoms with van der Waals surface area (Å²) in [6.45, 7) is -0.824. The van der Waals surface area contributed by atoms with E-state index >= 15 is 0 Å². The van der Waals surface area contributed by atoms with Crippen LogP contribution in [0.4, 0.5) is 0 Å². The summed E-state index contributed by atoms with van der Waals surface area (Å²) in [5, 5.41) is 18.0. The van der Waals surface area contributed by atoms with Crippen LogP contribution in [-0.2, 0) is 20.2 Å². The van der Waals surface area contributed by atoms with Crippen LogP contribution in [0, 0.1) is 0 Å². The Bertz CT molecular complexity index is 539. The third-order valence-corrected chi connectivity index (χ3v) is 3.52. The van der Waals surface area contributed by atoms with Crippen molar-refractivity contribution >= 4 is 15.8 Å². The van der Waals surface area contributed by atoms with Crippen LogP contribution in [0.25, 0.3) is 0 Å². The predicted octanol–water partition coefficient (Wildman–Crippen LogP) is -0.679. The Morgan fingerprint density at radius 2 is 2.06 bits per heavy atom. The van der Waals surface area contributed by atoms with Crippen LogP contribution in [0.1, 0.15) is 5.56 Å². The molecule has 6 nitrogen and oxygen atoms in total. The summed E-state index contributed by atoms with van der Waals surface area (Å²) < 4.78 is 22.6. The molecule has 94 valence electrons. The van der Waals surface area contributed by atoms with E-state index in [1.54, 1.807) is 0 Å². The van der Waals surface area contributed by atoms with Gasteiger partial charge in [0.1, 0.15) is 0 Å². The molecule has 0 aliphatic heterocycles. The van der Waals surface area contributed by atoms with Gasteiger partial charge >= 0.3 is 5.97 Å². The fraction of sp³-hybridized carbons (Fsp3) is 0.300. The lowest BCUT2D eigenvalue weighted by molar-refractivity contribution is -0.145. The summed E-state index contributed by atoms with van der Waals surface area (Å²) in [5.41, 5.74) is 3.57. The molecule has 4 N–H and O–H groups in total. The van der Waals surface area contributed by atoms with Gasteiger partial charge in [-0.15, -0.1) is 0 Å². The first kappa shape index (κ1) is 13.6. The number of aliphatic hydroxyl groups excluding tert-OH is 1. The van der Waals surface area contributed by atoms with Crippen LogP contribution < -0.4 is 5.73 Å². The summed E-state index contributed by atoms with van der Waals surface area (Å²) in [4.78, 5) is 10.9. The zero-order valence-electron chi connectivity index (χ0n) is 9.12. The van der Waals surface area contributed by atoms with Crippen molar-refractivity contribution in [2.24, 2.45) is 5.73 Å². The van der Waals surface area contributed by atoms with E-state index in [9.17, 15) is 13.2 Å². The van der Waals surface area contributed by atoms with Gasteiger partial charge in [0.15, 0.2) is 15.4 Å². The topological polar surface area (TPSA) is 118 Å². The molecule has 17 heavy (non-hydrogen) atoms. The number of benzene rings is 1. The van der Waals surface area contributed by atoms with Crippen LogP contribution in [0.2, 0.25) is 0 Å². The van der Waals surface area contributed by atoms with E-state index < -0.39 is 28.0 Å². The molecule has 0 saturated heterocycles. The number of carboxylic acids is 1.